The van der Waals surface area contributed by atoms with Crippen molar-refractivity contribution in [2.45, 2.75) is 9.79 Å². The molecule has 0 saturated heterocycles. The van der Waals surface area contributed by atoms with Crippen LogP contribution in [0.4, 0.5) is 0 Å². The number of methoxy groups -OCH3 is 1. The molecule has 5 heteroatoms. The van der Waals surface area contributed by atoms with Crippen LogP contribution in [-0.2, 0) is 4.74 Å². The van der Waals surface area contributed by atoms with Crippen LogP contribution in [0.15, 0.2) is 52.3 Å². The fraction of sp³-hybridized carbons (Fsp3) is 0.0667. The Morgan fingerprint density at radius 3 is 2.40 bits per heavy atom. The van der Waals surface area contributed by atoms with Crippen molar-refractivity contribution in [3.05, 3.63) is 57.2 Å². The molecular weight excluding hydrogens is 385 g/mol. The van der Waals surface area contributed by atoms with Gasteiger partial charge < -0.3 is 4.74 Å². The lowest BCUT2D eigenvalue weighted by Gasteiger charge is -2.06. The summed E-state index contributed by atoms with van der Waals surface area (Å²) in [5.41, 5.74) is 1.21. The maximum absolute atomic E-state index is 11.5. The molecule has 2 rings (SSSR count). The van der Waals surface area contributed by atoms with Crippen molar-refractivity contribution >= 4 is 40.3 Å². The molecule has 3 nitrogen and oxygen atoms in total. The van der Waals surface area contributed by atoms with Crippen LogP contribution in [0.25, 0.3) is 0 Å². The third-order valence-electron chi connectivity index (χ3n) is 2.56. The first kappa shape index (κ1) is 14.9. The van der Waals surface area contributed by atoms with E-state index in [2.05, 4.69) is 28.7 Å². The van der Waals surface area contributed by atoms with Crippen LogP contribution >= 0.6 is 34.4 Å². The molecule has 0 atom stereocenters. The minimum Gasteiger partial charge on any atom is -0.465 e. The standard InChI is InChI=1S/C15H10INO2S/c1-19-15(18)13-7-6-12(8-14(13)16)20-11-4-2-10(9-17)3-5-11/h2-8H,1H3. The zero-order valence-electron chi connectivity index (χ0n) is 10.6. The number of benzene rings is 2. The number of carbonyl (C=O) groups excluding carboxylic acids is 1. The Labute approximate surface area is 135 Å². The number of carbonyl (C=O) groups is 1. The number of nitrogens with zero attached hydrogens (tertiary/aromatic N) is 1. The molecule has 20 heavy (non-hydrogen) atoms. The van der Waals surface area contributed by atoms with Gasteiger partial charge in [0.05, 0.1) is 24.3 Å². The van der Waals surface area contributed by atoms with Crippen LogP contribution in [0, 0.1) is 14.9 Å². The maximum Gasteiger partial charge on any atom is 0.338 e. The van der Waals surface area contributed by atoms with Crippen LogP contribution in [-0.4, -0.2) is 13.1 Å². The van der Waals surface area contributed by atoms with E-state index in [1.54, 1.807) is 30.0 Å². The van der Waals surface area contributed by atoms with Gasteiger partial charge in [0.1, 0.15) is 0 Å². The van der Waals surface area contributed by atoms with E-state index in [-0.39, 0.29) is 5.97 Å². The van der Waals surface area contributed by atoms with Gasteiger partial charge in [-0.2, -0.15) is 5.26 Å². The van der Waals surface area contributed by atoms with E-state index < -0.39 is 0 Å². The molecule has 0 N–H and O–H groups in total. The SMILES string of the molecule is COC(=O)c1ccc(Sc2ccc(C#N)cc2)cc1I. The van der Waals surface area contributed by atoms with Gasteiger partial charge in [-0.1, -0.05) is 11.8 Å². The first-order valence-electron chi connectivity index (χ1n) is 5.70. The number of rotatable bonds is 3. The van der Waals surface area contributed by atoms with Gasteiger partial charge in [0.2, 0.25) is 0 Å². The Hall–Kier alpha value is -1.52. The Bertz CT molecular complexity index is 677. The summed E-state index contributed by atoms with van der Waals surface area (Å²) in [7, 11) is 1.37. The van der Waals surface area contributed by atoms with E-state index in [4.69, 9.17) is 10.00 Å². The second-order valence-electron chi connectivity index (χ2n) is 3.87. The molecule has 0 aromatic heterocycles. The van der Waals surface area contributed by atoms with Gasteiger partial charge >= 0.3 is 5.97 Å². The van der Waals surface area contributed by atoms with Crippen LogP contribution in [0.5, 0.6) is 0 Å². The lowest BCUT2D eigenvalue weighted by Crippen LogP contribution is -2.03. The Morgan fingerprint density at radius 1 is 1.20 bits per heavy atom. The van der Waals surface area contributed by atoms with Crippen molar-refractivity contribution in [1.82, 2.24) is 0 Å². The molecule has 0 radical (unpaired) electrons. The average Bonchev–Trinajstić information content (AvgIpc) is 2.47. The predicted octanol–water partition coefficient (Wildman–Crippen LogP) is 4.10. The summed E-state index contributed by atoms with van der Waals surface area (Å²) >= 11 is 3.70. The van der Waals surface area contributed by atoms with Gasteiger partial charge in [-0.25, -0.2) is 4.79 Å². The molecule has 0 aliphatic rings. The molecule has 0 fully saturated rings. The van der Waals surface area contributed by atoms with Gasteiger partial charge in [-0.3, -0.25) is 0 Å². The number of esters is 1. The smallest absolute Gasteiger partial charge is 0.338 e. The minimum atomic E-state index is -0.329. The number of ether oxygens (including phenoxy) is 1. The van der Waals surface area contributed by atoms with Crippen LogP contribution < -0.4 is 0 Å². The summed E-state index contributed by atoms with van der Waals surface area (Å²) in [5.74, 6) is -0.329. The molecule has 0 aliphatic heterocycles. The molecule has 0 bridgehead atoms. The van der Waals surface area contributed by atoms with Gasteiger partial charge in [-0.05, 0) is 65.1 Å². The highest BCUT2D eigenvalue weighted by Crippen LogP contribution is 2.30. The van der Waals surface area contributed by atoms with E-state index in [9.17, 15) is 4.79 Å². The number of hydrogen-bond donors (Lipinski definition) is 0. The van der Waals surface area contributed by atoms with Crippen LogP contribution in [0.3, 0.4) is 0 Å². The summed E-state index contributed by atoms with van der Waals surface area (Å²) < 4.78 is 5.57. The van der Waals surface area contributed by atoms with Crippen molar-refractivity contribution in [3.63, 3.8) is 0 Å². The van der Waals surface area contributed by atoms with Gasteiger partial charge in [0.25, 0.3) is 0 Å². The molecular formula is C15H10INO2S. The molecule has 0 spiro atoms. The molecule has 2 aromatic rings. The van der Waals surface area contributed by atoms with Crippen molar-refractivity contribution in [1.29, 1.82) is 5.26 Å². The summed E-state index contributed by atoms with van der Waals surface area (Å²) in [5, 5.41) is 8.76. The summed E-state index contributed by atoms with van der Waals surface area (Å²) in [6, 6.07) is 15.1. The van der Waals surface area contributed by atoms with E-state index >= 15 is 0 Å². The number of halogens is 1. The second kappa shape index (κ2) is 6.77. The van der Waals surface area contributed by atoms with Gasteiger partial charge in [-0.15, -0.1) is 0 Å². The molecule has 0 amide bonds. The largest absolute Gasteiger partial charge is 0.465 e. The quantitative estimate of drug-likeness (QED) is 0.580. The van der Waals surface area contributed by atoms with Gasteiger partial charge in [0.15, 0.2) is 0 Å². The molecule has 2 aromatic carbocycles. The summed E-state index contributed by atoms with van der Waals surface area (Å²) in [4.78, 5) is 13.6. The molecule has 0 saturated carbocycles. The van der Waals surface area contributed by atoms with Crippen molar-refractivity contribution in [2.75, 3.05) is 7.11 Å². The van der Waals surface area contributed by atoms with E-state index in [0.717, 1.165) is 13.4 Å². The first-order valence-corrected chi connectivity index (χ1v) is 7.59. The third kappa shape index (κ3) is 3.52. The highest BCUT2D eigenvalue weighted by molar-refractivity contribution is 14.1. The Balaban J connectivity index is 2.20. The average molecular weight is 395 g/mol. The van der Waals surface area contributed by atoms with Crippen LogP contribution in [0.1, 0.15) is 15.9 Å². The lowest BCUT2D eigenvalue weighted by atomic mass is 10.2. The lowest BCUT2D eigenvalue weighted by molar-refractivity contribution is 0.0599. The molecule has 0 unspecified atom stereocenters. The Kier molecular flexibility index (Phi) is 5.04. The highest BCUT2D eigenvalue weighted by Gasteiger charge is 2.10. The minimum absolute atomic E-state index is 0.329. The van der Waals surface area contributed by atoms with Crippen LogP contribution in [0.2, 0.25) is 0 Å². The molecule has 0 aliphatic carbocycles. The fourth-order valence-electron chi connectivity index (χ4n) is 1.57. The summed E-state index contributed by atoms with van der Waals surface area (Å²) in [6.45, 7) is 0. The van der Waals surface area contributed by atoms with E-state index in [0.29, 0.717) is 11.1 Å². The first-order chi connectivity index (χ1) is 9.63. The highest BCUT2D eigenvalue weighted by atomic mass is 127. The maximum atomic E-state index is 11.5. The third-order valence-corrected chi connectivity index (χ3v) is 4.45. The van der Waals surface area contributed by atoms with Crippen molar-refractivity contribution < 1.29 is 9.53 Å². The second-order valence-corrected chi connectivity index (χ2v) is 6.18. The topological polar surface area (TPSA) is 50.1 Å². The van der Waals surface area contributed by atoms with Gasteiger partial charge in [0, 0.05) is 13.4 Å². The van der Waals surface area contributed by atoms with Crippen molar-refractivity contribution in [3.8, 4) is 6.07 Å². The Morgan fingerprint density at radius 2 is 1.85 bits per heavy atom. The van der Waals surface area contributed by atoms with E-state index in [1.165, 1.54) is 7.11 Å². The zero-order chi connectivity index (χ0) is 14.5. The fourth-order valence-corrected chi connectivity index (χ4v) is 3.37. The zero-order valence-corrected chi connectivity index (χ0v) is 13.6. The molecule has 100 valence electrons. The monoisotopic (exact) mass is 395 g/mol. The normalized spacial score (nSPS) is 9.85. The summed E-state index contributed by atoms with van der Waals surface area (Å²) in [6.07, 6.45) is 0. The number of nitriles is 1. The molecule has 0 heterocycles. The van der Waals surface area contributed by atoms with E-state index in [1.807, 2.05) is 24.3 Å². The number of hydrogen-bond acceptors (Lipinski definition) is 4. The predicted molar refractivity (Wildman–Crippen MR) is 85.8 cm³/mol. The van der Waals surface area contributed by atoms with Crippen molar-refractivity contribution in [2.24, 2.45) is 0 Å².